The van der Waals surface area contributed by atoms with Crippen molar-refractivity contribution in [2.75, 3.05) is 7.05 Å². The van der Waals surface area contributed by atoms with E-state index in [9.17, 15) is 0 Å². The van der Waals surface area contributed by atoms with Gasteiger partial charge in [-0.15, -0.1) is 0 Å². The number of hydrogen-bond donors (Lipinski definition) is 0. The fraction of sp³-hybridized carbons (Fsp3) is 0.875. The lowest BCUT2D eigenvalue weighted by atomic mass is 9.95. The van der Waals surface area contributed by atoms with E-state index in [1.807, 2.05) is 7.05 Å². The number of rotatable bonds is 1. The maximum absolute atomic E-state index is 8.56. The lowest BCUT2D eigenvalue weighted by molar-refractivity contribution is 0.263. The van der Waals surface area contributed by atoms with Crippen LogP contribution in [0.1, 0.15) is 32.1 Å². The molecule has 1 saturated carbocycles. The Morgan fingerprint density at radius 3 is 2.40 bits per heavy atom. The number of hydrogen-bond acceptors (Lipinski definition) is 2. The molecule has 0 saturated heterocycles. The van der Waals surface area contributed by atoms with Crippen LogP contribution in [-0.2, 0) is 0 Å². The molecule has 0 aliphatic heterocycles. The van der Waals surface area contributed by atoms with Gasteiger partial charge in [0.25, 0.3) is 0 Å². The van der Waals surface area contributed by atoms with Crippen molar-refractivity contribution in [3.05, 3.63) is 0 Å². The second-order valence-electron chi connectivity index (χ2n) is 3.00. The molecule has 1 fully saturated rings. The molecular formula is C8H14N2. The second kappa shape index (κ2) is 3.46. The monoisotopic (exact) mass is 138 g/mol. The zero-order valence-electron chi connectivity index (χ0n) is 6.51. The highest BCUT2D eigenvalue weighted by atomic mass is 15.1. The highest BCUT2D eigenvalue weighted by molar-refractivity contribution is 4.80. The summed E-state index contributed by atoms with van der Waals surface area (Å²) in [5.41, 5.74) is 0. The summed E-state index contributed by atoms with van der Waals surface area (Å²) in [6.07, 6.45) is 8.55. The van der Waals surface area contributed by atoms with Crippen molar-refractivity contribution in [1.82, 2.24) is 4.90 Å². The van der Waals surface area contributed by atoms with E-state index < -0.39 is 0 Å². The zero-order valence-corrected chi connectivity index (χ0v) is 6.51. The van der Waals surface area contributed by atoms with Crippen molar-refractivity contribution in [1.29, 1.82) is 5.26 Å². The molecule has 1 rings (SSSR count). The Morgan fingerprint density at radius 2 is 1.90 bits per heavy atom. The fourth-order valence-corrected chi connectivity index (χ4v) is 1.55. The first-order valence-electron chi connectivity index (χ1n) is 3.97. The highest BCUT2D eigenvalue weighted by Gasteiger charge is 2.16. The molecule has 0 N–H and O–H groups in total. The molecule has 2 heteroatoms. The van der Waals surface area contributed by atoms with E-state index in [4.69, 9.17) is 5.26 Å². The molecule has 2 nitrogen and oxygen atoms in total. The Kier molecular flexibility index (Phi) is 2.56. The second-order valence-corrected chi connectivity index (χ2v) is 3.00. The molecule has 0 aromatic rings. The molecular weight excluding hydrogens is 124 g/mol. The van der Waals surface area contributed by atoms with Gasteiger partial charge < -0.3 is 4.90 Å². The zero-order chi connectivity index (χ0) is 7.40. The van der Waals surface area contributed by atoms with Crippen LogP contribution in [0.3, 0.4) is 0 Å². The minimum absolute atomic E-state index is 0.541. The van der Waals surface area contributed by atoms with Gasteiger partial charge in [-0.05, 0) is 12.8 Å². The molecule has 10 heavy (non-hydrogen) atoms. The summed E-state index contributed by atoms with van der Waals surface area (Å²) in [5.74, 6) is 0. The first-order chi connectivity index (χ1) is 4.84. The lowest BCUT2D eigenvalue weighted by Crippen LogP contribution is -2.29. The van der Waals surface area contributed by atoms with Crippen molar-refractivity contribution in [3.63, 3.8) is 0 Å². The Balaban J connectivity index is 2.33. The third kappa shape index (κ3) is 1.63. The predicted octanol–water partition coefficient (Wildman–Crippen LogP) is 1.73. The Bertz CT molecular complexity index is 131. The van der Waals surface area contributed by atoms with Crippen LogP contribution in [0.15, 0.2) is 0 Å². The predicted molar refractivity (Wildman–Crippen MR) is 40.2 cm³/mol. The summed E-state index contributed by atoms with van der Waals surface area (Å²) in [6.45, 7) is 0. The van der Waals surface area contributed by atoms with Gasteiger partial charge in [0.15, 0.2) is 6.19 Å². The van der Waals surface area contributed by atoms with Gasteiger partial charge in [0.1, 0.15) is 0 Å². The molecule has 56 valence electrons. The topological polar surface area (TPSA) is 27.0 Å². The maximum Gasteiger partial charge on any atom is 0.179 e. The minimum Gasteiger partial charge on any atom is -0.311 e. The van der Waals surface area contributed by atoms with Gasteiger partial charge in [-0.1, -0.05) is 19.3 Å². The van der Waals surface area contributed by atoms with Crippen LogP contribution in [0.4, 0.5) is 0 Å². The van der Waals surface area contributed by atoms with Crippen LogP contribution in [0.2, 0.25) is 0 Å². The third-order valence-corrected chi connectivity index (χ3v) is 2.28. The van der Waals surface area contributed by atoms with Crippen molar-refractivity contribution < 1.29 is 0 Å². The standard InChI is InChI=1S/C8H14N2/c1-10(7-9)8-5-3-2-4-6-8/h8H,2-6H2,1H3. The largest absolute Gasteiger partial charge is 0.311 e. The van der Waals surface area contributed by atoms with E-state index in [1.54, 1.807) is 4.90 Å². The van der Waals surface area contributed by atoms with E-state index >= 15 is 0 Å². The van der Waals surface area contributed by atoms with Gasteiger partial charge >= 0.3 is 0 Å². The molecule has 0 heterocycles. The first-order valence-corrected chi connectivity index (χ1v) is 3.97. The number of nitrogens with zero attached hydrogens (tertiary/aromatic N) is 2. The average molecular weight is 138 g/mol. The van der Waals surface area contributed by atoms with Crippen LogP contribution in [-0.4, -0.2) is 18.0 Å². The molecule has 0 unspecified atom stereocenters. The summed E-state index contributed by atoms with van der Waals surface area (Å²) < 4.78 is 0. The Labute approximate surface area is 62.4 Å². The van der Waals surface area contributed by atoms with Crippen LogP contribution in [0.5, 0.6) is 0 Å². The van der Waals surface area contributed by atoms with Gasteiger partial charge in [0, 0.05) is 13.1 Å². The van der Waals surface area contributed by atoms with Gasteiger partial charge in [-0.3, -0.25) is 0 Å². The van der Waals surface area contributed by atoms with Gasteiger partial charge in [0.2, 0.25) is 0 Å². The molecule has 0 spiro atoms. The van der Waals surface area contributed by atoms with Crippen LogP contribution in [0.25, 0.3) is 0 Å². The summed E-state index contributed by atoms with van der Waals surface area (Å²) in [6, 6.07) is 0.541. The molecule has 0 radical (unpaired) electrons. The van der Waals surface area contributed by atoms with Crippen LogP contribution >= 0.6 is 0 Å². The fourth-order valence-electron chi connectivity index (χ4n) is 1.55. The molecule has 1 aliphatic carbocycles. The first kappa shape index (κ1) is 7.40. The van der Waals surface area contributed by atoms with Gasteiger partial charge in [0.05, 0.1) is 0 Å². The van der Waals surface area contributed by atoms with Crippen LogP contribution in [0, 0.1) is 11.5 Å². The molecule has 0 aromatic heterocycles. The van der Waals surface area contributed by atoms with Crippen molar-refractivity contribution >= 4 is 0 Å². The maximum atomic E-state index is 8.56. The van der Waals surface area contributed by atoms with E-state index in [1.165, 1.54) is 32.1 Å². The molecule has 0 bridgehead atoms. The Morgan fingerprint density at radius 1 is 1.30 bits per heavy atom. The van der Waals surface area contributed by atoms with Crippen molar-refractivity contribution in [3.8, 4) is 6.19 Å². The number of nitriles is 1. The third-order valence-electron chi connectivity index (χ3n) is 2.28. The summed E-state index contributed by atoms with van der Waals surface area (Å²) in [4.78, 5) is 1.79. The normalized spacial score (nSPS) is 20.0. The summed E-state index contributed by atoms with van der Waals surface area (Å²) >= 11 is 0. The van der Waals surface area contributed by atoms with Crippen LogP contribution < -0.4 is 0 Å². The van der Waals surface area contributed by atoms with E-state index in [-0.39, 0.29) is 0 Å². The van der Waals surface area contributed by atoms with Gasteiger partial charge in [-0.25, -0.2) is 0 Å². The van der Waals surface area contributed by atoms with E-state index in [0.717, 1.165) is 0 Å². The molecule has 0 amide bonds. The SMILES string of the molecule is CN(C#N)C1CCCCC1. The molecule has 0 aromatic carbocycles. The molecule has 0 atom stereocenters. The lowest BCUT2D eigenvalue weighted by Gasteiger charge is -2.26. The minimum atomic E-state index is 0.541. The molecule has 1 aliphatic rings. The average Bonchev–Trinajstić information content (AvgIpc) is 2.05. The van der Waals surface area contributed by atoms with Gasteiger partial charge in [-0.2, -0.15) is 5.26 Å². The van der Waals surface area contributed by atoms with Crippen molar-refractivity contribution in [2.24, 2.45) is 0 Å². The quantitative estimate of drug-likeness (QED) is 0.407. The summed E-state index contributed by atoms with van der Waals surface area (Å²) in [7, 11) is 1.88. The highest BCUT2D eigenvalue weighted by Crippen LogP contribution is 2.20. The van der Waals surface area contributed by atoms with E-state index in [0.29, 0.717) is 6.04 Å². The summed E-state index contributed by atoms with van der Waals surface area (Å²) in [5, 5.41) is 8.56. The Hall–Kier alpha value is -0.710. The smallest absolute Gasteiger partial charge is 0.179 e. The van der Waals surface area contributed by atoms with Crippen molar-refractivity contribution in [2.45, 2.75) is 38.1 Å². The van der Waals surface area contributed by atoms with E-state index in [2.05, 4.69) is 6.19 Å².